The van der Waals surface area contributed by atoms with Gasteiger partial charge >= 0.3 is 0 Å². The van der Waals surface area contributed by atoms with Crippen molar-refractivity contribution in [3.8, 4) is 0 Å². The Labute approximate surface area is 75.5 Å². The van der Waals surface area contributed by atoms with Crippen LogP contribution in [-0.2, 0) is 6.42 Å². The van der Waals surface area contributed by atoms with Crippen molar-refractivity contribution in [2.24, 2.45) is 5.92 Å². The van der Waals surface area contributed by atoms with Crippen LogP contribution in [0.3, 0.4) is 0 Å². The maximum atomic E-state index is 5.88. The molecule has 4 heteroatoms. The van der Waals surface area contributed by atoms with Gasteiger partial charge in [0, 0.05) is 0 Å². The summed E-state index contributed by atoms with van der Waals surface area (Å²) in [6.07, 6.45) is 0.909. The van der Waals surface area contributed by atoms with Crippen molar-refractivity contribution in [3.05, 3.63) is 10.7 Å². The zero-order valence-corrected chi connectivity index (χ0v) is 8.17. The Kier molecular flexibility index (Phi) is 2.73. The molecule has 1 heterocycles. The molecule has 1 aromatic heterocycles. The van der Waals surface area contributed by atoms with E-state index in [4.69, 9.17) is 17.3 Å². The van der Waals surface area contributed by atoms with E-state index in [0.29, 0.717) is 15.9 Å². The monoisotopic (exact) mass is 190 g/mol. The molecule has 0 radical (unpaired) electrons. The van der Waals surface area contributed by atoms with Gasteiger partial charge in [-0.2, -0.15) is 4.37 Å². The summed E-state index contributed by atoms with van der Waals surface area (Å²) in [5.41, 5.74) is 6.47. The topological polar surface area (TPSA) is 38.9 Å². The molecule has 11 heavy (non-hydrogen) atoms. The van der Waals surface area contributed by atoms with Crippen LogP contribution in [-0.4, -0.2) is 4.37 Å². The Hall–Kier alpha value is -0.280. The Morgan fingerprint density at radius 2 is 2.27 bits per heavy atom. The number of rotatable bonds is 2. The van der Waals surface area contributed by atoms with Gasteiger partial charge in [-0.05, 0) is 23.9 Å². The highest BCUT2D eigenvalue weighted by Crippen LogP contribution is 2.28. The molecule has 0 spiro atoms. The van der Waals surface area contributed by atoms with E-state index in [1.165, 1.54) is 11.5 Å². The number of nitrogens with zero attached hydrogens (tertiary/aromatic N) is 1. The summed E-state index contributed by atoms with van der Waals surface area (Å²) < 4.78 is 4.14. The van der Waals surface area contributed by atoms with Crippen molar-refractivity contribution in [1.29, 1.82) is 0 Å². The zero-order valence-electron chi connectivity index (χ0n) is 6.60. The van der Waals surface area contributed by atoms with Crippen LogP contribution in [0, 0.1) is 5.92 Å². The summed E-state index contributed by atoms with van der Waals surface area (Å²) >= 11 is 7.14. The minimum Gasteiger partial charge on any atom is -0.388 e. The van der Waals surface area contributed by atoms with Crippen LogP contribution < -0.4 is 5.73 Å². The van der Waals surface area contributed by atoms with Gasteiger partial charge in [-0.3, -0.25) is 0 Å². The molecule has 0 saturated carbocycles. The molecule has 0 aromatic carbocycles. The van der Waals surface area contributed by atoms with E-state index in [1.54, 1.807) is 0 Å². The van der Waals surface area contributed by atoms with Gasteiger partial charge in [-0.25, -0.2) is 0 Å². The summed E-state index contributed by atoms with van der Waals surface area (Å²) in [6, 6.07) is 0. The van der Waals surface area contributed by atoms with E-state index in [9.17, 15) is 0 Å². The third-order valence-corrected chi connectivity index (χ3v) is 2.57. The highest BCUT2D eigenvalue weighted by Gasteiger charge is 2.09. The van der Waals surface area contributed by atoms with Gasteiger partial charge in [0.1, 0.15) is 5.00 Å². The third kappa shape index (κ3) is 2.07. The first kappa shape index (κ1) is 8.81. The van der Waals surface area contributed by atoms with Gasteiger partial charge < -0.3 is 5.73 Å². The molecule has 0 saturated heterocycles. The van der Waals surface area contributed by atoms with E-state index in [2.05, 4.69) is 18.2 Å². The molecule has 0 aliphatic rings. The molecule has 0 amide bonds. The van der Waals surface area contributed by atoms with Crippen LogP contribution in [0.2, 0.25) is 5.02 Å². The van der Waals surface area contributed by atoms with Gasteiger partial charge in [0.15, 0.2) is 0 Å². The van der Waals surface area contributed by atoms with Crippen LogP contribution in [0.5, 0.6) is 0 Å². The lowest BCUT2D eigenvalue weighted by atomic mass is 10.1. The van der Waals surface area contributed by atoms with E-state index in [-0.39, 0.29) is 0 Å². The van der Waals surface area contributed by atoms with E-state index < -0.39 is 0 Å². The molecule has 2 nitrogen and oxygen atoms in total. The number of halogens is 1. The number of anilines is 1. The standard InChI is InChI=1S/C7H11ClN2S/c1-4(2)3-5-6(8)7(9)11-10-5/h4H,3,9H2,1-2H3. The minimum atomic E-state index is 0.578. The molecule has 1 rings (SSSR count). The highest BCUT2D eigenvalue weighted by atomic mass is 35.5. The first-order valence-corrected chi connectivity index (χ1v) is 4.66. The number of nitrogen functional groups attached to an aromatic ring is 1. The maximum Gasteiger partial charge on any atom is 0.126 e. The fourth-order valence-corrected chi connectivity index (χ4v) is 1.69. The Bertz CT molecular complexity index is 245. The zero-order chi connectivity index (χ0) is 8.43. The van der Waals surface area contributed by atoms with Crippen molar-refractivity contribution < 1.29 is 0 Å². The predicted octanol–water partition coefficient (Wildman–Crippen LogP) is 2.58. The van der Waals surface area contributed by atoms with Crippen molar-refractivity contribution >= 4 is 28.1 Å². The number of hydrogen-bond donors (Lipinski definition) is 1. The van der Waals surface area contributed by atoms with Gasteiger partial charge in [0.2, 0.25) is 0 Å². The first-order chi connectivity index (χ1) is 5.11. The van der Waals surface area contributed by atoms with Gasteiger partial charge in [-0.15, -0.1) is 0 Å². The molecule has 0 aliphatic carbocycles. The molecule has 0 unspecified atom stereocenters. The van der Waals surface area contributed by atoms with Crippen molar-refractivity contribution in [1.82, 2.24) is 4.37 Å². The molecule has 0 fully saturated rings. The number of aromatic nitrogens is 1. The van der Waals surface area contributed by atoms with Crippen LogP contribution in [0.4, 0.5) is 5.00 Å². The van der Waals surface area contributed by atoms with Gasteiger partial charge in [0.05, 0.1) is 10.7 Å². The molecule has 0 bridgehead atoms. The van der Waals surface area contributed by atoms with Crippen molar-refractivity contribution in [2.75, 3.05) is 5.73 Å². The molecule has 1 aromatic rings. The van der Waals surface area contributed by atoms with Gasteiger partial charge in [0.25, 0.3) is 0 Å². The second-order valence-corrected chi connectivity index (χ2v) is 4.09. The molecular weight excluding hydrogens is 180 g/mol. The van der Waals surface area contributed by atoms with Crippen LogP contribution in [0.25, 0.3) is 0 Å². The summed E-state index contributed by atoms with van der Waals surface area (Å²) in [4.78, 5) is 0. The van der Waals surface area contributed by atoms with Gasteiger partial charge in [-0.1, -0.05) is 25.4 Å². The predicted molar refractivity (Wildman–Crippen MR) is 50.1 cm³/mol. The third-order valence-electron chi connectivity index (χ3n) is 1.33. The average molecular weight is 191 g/mol. The Morgan fingerprint density at radius 1 is 1.64 bits per heavy atom. The molecular formula is C7H11ClN2S. The summed E-state index contributed by atoms with van der Waals surface area (Å²) in [5, 5.41) is 1.27. The molecule has 2 N–H and O–H groups in total. The lowest BCUT2D eigenvalue weighted by Gasteiger charge is -1.99. The smallest absolute Gasteiger partial charge is 0.126 e. The van der Waals surface area contributed by atoms with Crippen LogP contribution in [0.15, 0.2) is 0 Å². The average Bonchev–Trinajstić information content (AvgIpc) is 2.18. The SMILES string of the molecule is CC(C)Cc1nsc(N)c1Cl. The molecule has 62 valence electrons. The number of nitrogens with two attached hydrogens (primary N) is 1. The minimum absolute atomic E-state index is 0.578. The summed E-state index contributed by atoms with van der Waals surface area (Å²) in [7, 11) is 0. The van der Waals surface area contributed by atoms with E-state index in [0.717, 1.165) is 12.1 Å². The summed E-state index contributed by atoms with van der Waals surface area (Å²) in [5.74, 6) is 0.578. The lowest BCUT2D eigenvalue weighted by molar-refractivity contribution is 0.640. The second-order valence-electron chi connectivity index (χ2n) is 2.91. The Morgan fingerprint density at radius 3 is 2.64 bits per heavy atom. The molecule has 0 aliphatic heterocycles. The first-order valence-electron chi connectivity index (χ1n) is 3.50. The van der Waals surface area contributed by atoms with E-state index >= 15 is 0 Å². The van der Waals surface area contributed by atoms with E-state index in [1.807, 2.05) is 0 Å². The maximum absolute atomic E-state index is 5.88. The lowest BCUT2D eigenvalue weighted by Crippen LogP contribution is -1.94. The normalized spacial score (nSPS) is 10.9. The van der Waals surface area contributed by atoms with Crippen LogP contribution in [0.1, 0.15) is 19.5 Å². The largest absolute Gasteiger partial charge is 0.388 e. The number of hydrogen-bond acceptors (Lipinski definition) is 3. The summed E-state index contributed by atoms with van der Waals surface area (Å²) in [6.45, 7) is 4.26. The fraction of sp³-hybridized carbons (Fsp3) is 0.571. The molecule has 0 atom stereocenters. The van der Waals surface area contributed by atoms with Crippen molar-refractivity contribution in [3.63, 3.8) is 0 Å². The highest BCUT2D eigenvalue weighted by molar-refractivity contribution is 7.10. The quantitative estimate of drug-likeness (QED) is 0.779. The second kappa shape index (κ2) is 3.41. The fourth-order valence-electron chi connectivity index (χ4n) is 0.840. The Balaban J connectivity index is 2.79. The van der Waals surface area contributed by atoms with Crippen molar-refractivity contribution in [2.45, 2.75) is 20.3 Å². The van der Waals surface area contributed by atoms with Crippen LogP contribution >= 0.6 is 23.1 Å².